The first kappa shape index (κ1) is 24.2. The van der Waals surface area contributed by atoms with E-state index in [0.717, 1.165) is 78.9 Å². The molecular weight excluding hydrogens is 474 g/mol. The Morgan fingerprint density at radius 1 is 0.947 bits per heavy atom. The van der Waals surface area contributed by atoms with Gasteiger partial charge in [-0.15, -0.1) is 0 Å². The molecule has 1 aliphatic rings. The van der Waals surface area contributed by atoms with Crippen molar-refractivity contribution in [3.8, 4) is 22.6 Å². The number of para-hydroxylation sites is 1. The number of fused-ring (bicyclic) bond motifs is 1. The number of hydrogen-bond donors (Lipinski definition) is 2. The molecule has 0 unspecified atom stereocenters. The molecule has 3 heterocycles. The fourth-order valence-electron chi connectivity index (χ4n) is 5.48. The molecule has 3 aromatic heterocycles. The predicted octanol–water partition coefficient (Wildman–Crippen LogP) is 5.83. The second kappa shape index (κ2) is 11.1. The summed E-state index contributed by atoms with van der Waals surface area (Å²) in [4.78, 5) is 13.1. The van der Waals surface area contributed by atoms with E-state index in [2.05, 4.69) is 47.7 Å². The molecule has 2 aromatic carbocycles. The maximum absolute atomic E-state index is 6.39. The Kier molecular flexibility index (Phi) is 7.04. The molecule has 1 aliphatic carbocycles. The Balaban J connectivity index is 1.14. The lowest BCUT2D eigenvalue weighted by Gasteiger charge is -2.30. The van der Waals surface area contributed by atoms with Crippen LogP contribution >= 0.6 is 0 Å². The van der Waals surface area contributed by atoms with Crippen LogP contribution in [0.2, 0.25) is 0 Å². The number of anilines is 1. The summed E-state index contributed by atoms with van der Waals surface area (Å²) >= 11 is 0. The summed E-state index contributed by atoms with van der Waals surface area (Å²) in [6.07, 6.45) is 15.1. The van der Waals surface area contributed by atoms with Crippen LogP contribution < -0.4 is 15.8 Å². The fraction of sp³-hybridized carbons (Fsp3) is 0.300. The zero-order valence-corrected chi connectivity index (χ0v) is 21.4. The van der Waals surface area contributed by atoms with Crippen molar-refractivity contribution in [3.63, 3.8) is 0 Å². The van der Waals surface area contributed by atoms with Crippen molar-refractivity contribution in [2.75, 3.05) is 12.3 Å². The minimum Gasteiger partial charge on any atom is -0.457 e. The highest BCUT2D eigenvalue weighted by molar-refractivity contribution is 6.00. The molecule has 0 radical (unpaired) electrons. The largest absolute Gasteiger partial charge is 0.457 e. The molecule has 5 aromatic rings. The van der Waals surface area contributed by atoms with Crippen LogP contribution in [0.3, 0.4) is 0 Å². The standard InChI is InChI=1S/C30H33N7O/c31-29-28-27(22-7-13-26(14-8-22)38-25-5-2-1-3-6-25)19-37(30(28)35-20-34-29)24-11-9-23(10-12-24)33-15-4-17-36-18-16-32-21-36/h1-3,5-8,13-14,16,18-21,23-24,33H,4,9-12,15,17H2,(H2,31,34,35)/t23-,24-. The Morgan fingerprint density at radius 2 is 1.74 bits per heavy atom. The molecular formula is C30H33N7O. The summed E-state index contributed by atoms with van der Waals surface area (Å²) < 4.78 is 10.4. The average molecular weight is 508 g/mol. The smallest absolute Gasteiger partial charge is 0.146 e. The second-order valence-corrected chi connectivity index (χ2v) is 9.96. The maximum atomic E-state index is 6.39. The summed E-state index contributed by atoms with van der Waals surface area (Å²) in [5, 5.41) is 4.68. The summed E-state index contributed by atoms with van der Waals surface area (Å²) in [6, 6.07) is 18.9. The first-order valence-electron chi connectivity index (χ1n) is 13.4. The van der Waals surface area contributed by atoms with Crippen LogP contribution in [0.4, 0.5) is 5.82 Å². The quantitative estimate of drug-likeness (QED) is 0.244. The van der Waals surface area contributed by atoms with E-state index >= 15 is 0 Å². The van der Waals surface area contributed by atoms with Crippen molar-refractivity contribution in [1.29, 1.82) is 0 Å². The van der Waals surface area contributed by atoms with Gasteiger partial charge in [-0.05, 0) is 68.5 Å². The molecule has 6 rings (SSSR count). The van der Waals surface area contributed by atoms with Crippen LogP contribution in [0.5, 0.6) is 11.5 Å². The number of imidazole rings is 1. The molecule has 1 saturated carbocycles. The molecule has 38 heavy (non-hydrogen) atoms. The van der Waals surface area contributed by atoms with E-state index in [0.29, 0.717) is 17.9 Å². The lowest BCUT2D eigenvalue weighted by atomic mass is 9.91. The normalized spacial score (nSPS) is 17.6. The van der Waals surface area contributed by atoms with Gasteiger partial charge in [-0.1, -0.05) is 30.3 Å². The molecule has 0 amide bonds. The van der Waals surface area contributed by atoms with Crippen molar-refractivity contribution in [3.05, 3.63) is 85.8 Å². The molecule has 0 bridgehead atoms. The van der Waals surface area contributed by atoms with Gasteiger partial charge in [0, 0.05) is 42.8 Å². The number of benzene rings is 2. The molecule has 0 atom stereocenters. The summed E-state index contributed by atoms with van der Waals surface area (Å²) in [5.41, 5.74) is 9.43. The first-order valence-corrected chi connectivity index (χ1v) is 13.4. The molecule has 0 spiro atoms. The van der Waals surface area contributed by atoms with Crippen molar-refractivity contribution < 1.29 is 4.74 Å². The number of aromatic nitrogens is 5. The van der Waals surface area contributed by atoms with E-state index in [9.17, 15) is 0 Å². The Morgan fingerprint density at radius 3 is 2.50 bits per heavy atom. The third-order valence-corrected chi connectivity index (χ3v) is 7.46. The zero-order valence-electron chi connectivity index (χ0n) is 21.4. The lowest BCUT2D eigenvalue weighted by Crippen LogP contribution is -2.34. The number of nitrogens with two attached hydrogens (primary N) is 1. The minimum atomic E-state index is 0.394. The highest BCUT2D eigenvalue weighted by atomic mass is 16.5. The van der Waals surface area contributed by atoms with Gasteiger partial charge in [0.2, 0.25) is 0 Å². The van der Waals surface area contributed by atoms with Crippen molar-refractivity contribution >= 4 is 16.9 Å². The van der Waals surface area contributed by atoms with Crippen LogP contribution in [0.1, 0.15) is 38.1 Å². The van der Waals surface area contributed by atoms with Gasteiger partial charge >= 0.3 is 0 Å². The monoisotopic (exact) mass is 507 g/mol. The maximum Gasteiger partial charge on any atom is 0.146 e. The number of nitrogens with one attached hydrogen (secondary N) is 1. The second-order valence-electron chi connectivity index (χ2n) is 9.96. The van der Waals surface area contributed by atoms with E-state index < -0.39 is 0 Å². The highest BCUT2D eigenvalue weighted by Crippen LogP contribution is 2.38. The van der Waals surface area contributed by atoms with E-state index in [4.69, 9.17) is 10.5 Å². The molecule has 0 aliphatic heterocycles. The third-order valence-electron chi connectivity index (χ3n) is 7.46. The molecule has 3 N–H and O–H groups in total. The number of aryl methyl sites for hydroxylation is 1. The average Bonchev–Trinajstić information content (AvgIpc) is 3.62. The van der Waals surface area contributed by atoms with Gasteiger partial charge in [-0.25, -0.2) is 15.0 Å². The summed E-state index contributed by atoms with van der Waals surface area (Å²) in [6.45, 7) is 2.03. The molecule has 0 saturated heterocycles. The van der Waals surface area contributed by atoms with Gasteiger partial charge in [0.15, 0.2) is 0 Å². The van der Waals surface area contributed by atoms with E-state index in [1.807, 2.05) is 61.2 Å². The number of hydrogen-bond acceptors (Lipinski definition) is 6. The van der Waals surface area contributed by atoms with Crippen molar-refractivity contribution in [1.82, 2.24) is 29.4 Å². The zero-order chi connectivity index (χ0) is 25.7. The van der Waals surface area contributed by atoms with Gasteiger partial charge in [-0.2, -0.15) is 0 Å². The first-order chi connectivity index (χ1) is 18.7. The SMILES string of the molecule is Nc1ncnc2c1c(-c1ccc(Oc3ccccc3)cc1)cn2[C@H]1CC[C@H](NCCCn2ccnc2)CC1. The van der Waals surface area contributed by atoms with Gasteiger partial charge in [0.25, 0.3) is 0 Å². The number of nitrogens with zero attached hydrogens (tertiary/aromatic N) is 5. The van der Waals surface area contributed by atoms with Crippen molar-refractivity contribution in [2.24, 2.45) is 0 Å². The molecule has 8 heteroatoms. The van der Waals surface area contributed by atoms with Gasteiger partial charge < -0.3 is 24.9 Å². The Bertz CT molecular complexity index is 1450. The van der Waals surface area contributed by atoms with E-state index in [1.54, 1.807) is 6.33 Å². The number of ether oxygens (including phenoxy) is 1. The van der Waals surface area contributed by atoms with Crippen LogP contribution in [-0.2, 0) is 6.54 Å². The van der Waals surface area contributed by atoms with Crippen LogP contribution in [0, 0.1) is 0 Å². The lowest BCUT2D eigenvalue weighted by molar-refractivity contribution is 0.293. The van der Waals surface area contributed by atoms with Crippen LogP contribution in [0.15, 0.2) is 85.8 Å². The molecule has 194 valence electrons. The Labute approximate surface area is 222 Å². The highest BCUT2D eigenvalue weighted by Gasteiger charge is 2.25. The fourth-order valence-corrected chi connectivity index (χ4v) is 5.48. The van der Waals surface area contributed by atoms with E-state index in [1.165, 1.54) is 0 Å². The minimum absolute atomic E-state index is 0.394. The van der Waals surface area contributed by atoms with Gasteiger partial charge in [-0.3, -0.25) is 0 Å². The van der Waals surface area contributed by atoms with Crippen LogP contribution in [-0.4, -0.2) is 36.7 Å². The summed E-state index contributed by atoms with van der Waals surface area (Å²) in [5.74, 6) is 2.13. The number of rotatable bonds is 9. The predicted molar refractivity (Wildman–Crippen MR) is 150 cm³/mol. The third kappa shape index (κ3) is 5.26. The summed E-state index contributed by atoms with van der Waals surface area (Å²) in [7, 11) is 0. The van der Waals surface area contributed by atoms with Crippen LogP contribution in [0.25, 0.3) is 22.2 Å². The Hall–Kier alpha value is -4.17. The van der Waals surface area contributed by atoms with Crippen molar-refractivity contribution in [2.45, 2.75) is 50.7 Å². The molecule has 8 nitrogen and oxygen atoms in total. The van der Waals surface area contributed by atoms with Gasteiger partial charge in [0.05, 0.1) is 11.7 Å². The van der Waals surface area contributed by atoms with Gasteiger partial charge in [0.1, 0.15) is 29.3 Å². The van der Waals surface area contributed by atoms with E-state index in [-0.39, 0.29) is 0 Å². The topological polar surface area (TPSA) is 95.8 Å². The molecule has 1 fully saturated rings. The number of nitrogen functional groups attached to an aromatic ring is 1.